The lowest BCUT2D eigenvalue weighted by atomic mass is 10.0. The van der Waals surface area contributed by atoms with Crippen LogP contribution in [0.1, 0.15) is 43.4 Å². The Hall–Kier alpha value is -0.740. The quantitative estimate of drug-likeness (QED) is 0.719. The van der Waals surface area contributed by atoms with Gasteiger partial charge in [0.05, 0.1) is 24.9 Å². The van der Waals surface area contributed by atoms with Crippen LogP contribution in [0.4, 0.5) is 0 Å². The van der Waals surface area contributed by atoms with Gasteiger partial charge < -0.3 is 4.74 Å². The van der Waals surface area contributed by atoms with Crippen molar-refractivity contribution in [1.82, 2.24) is 9.78 Å². The van der Waals surface area contributed by atoms with Gasteiger partial charge >= 0.3 is 0 Å². The molecule has 2 fully saturated rings. The van der Waals surface area contributed by atoms with Crippen LogP contribution in [-0.2, 0) is 4.74 Å². The van der Waals surface area contributed by atoms with Gasteiger partial charge in [0.2, 0.25) is 0 Å². The first-order valence-corrected chi connectivity index (χ1v) is 5.91. The fourth-order valence-corrected chi connectivity index (χ4v) is 2.19. The van der Waals surface area contributed by atoms with Gasteiger partial charge in [0, 0.05) is 24.6 Å². The van der Waals surface area contributed by atoms with E-state index in [-0.39, 0.29) is 6.10 Å². The summed E-state index contributed by atoms with van der Waals surface area (Å²) in [6, 6.07) is 0.647. The van der Waals surface area contributed by atoms with E-state index in [1.165, 1.54) is 18.4 Å². The van der Waals surface area contributed by atoms with E-state index in [9.17, 15) is 0 Å². The van der Waals surface area contributed by atoms with Gasteiger partial charge in [0.15, 0.2) is 0 Å². The highest BCUT2D eigenvalue weighted by Gasteiger charge is 2.26. The second-order valence-corrected chi connectivity index (χ2v) is 4.91. The number of hydrogen-bond acceptors (Lipinski definition) is 3. The van der Waals surface area contributed by atoms with E-state index in [0.717, 1.165) is 24.3 Å². The van der Waals surface area contributed by atoms with E-state index in [4.69, 9.17) is 17.0 Å². The molecule has 3 rings (SSSR count). The monoisotopic (exact) mass is 222 g/mol. The third kappa shape index (κ3) is 1.96. The van der Waals surface area contributed by atoms with Crippen molar-refractivity contribution in [2.45, 2.75) is 37.8 Å². The predicted molar refractivity (Wildman–Crippen MR) is 61.0 cm³/mol. The largest absolute Gasteiger partial charge is 0.373 e. The lowest BCUT2D eigenvalue weighted by Gasteiger charge is -2.22. The summed E-state index contributed by atoms with van der Waals surface area (Å²) in [5.74, 6) is 0. The van der Waals surface area contributed by atoms with E-state index in [1.54, 1.807) is 0 Å². The number of thiocarbonyl (C=S) groups is 1. The van der Waals surface area contributed by atoms with Crippen molar-refractivity contribution in [1.29, 1.82) is 0 Å². The highest BCUT2D eigenvalue weighted by molar-refractivity contribution is 7.80. The predicted octanol–water partition coefficient (Wildman–Crippen LogP) is 2.44. The molecule has 0 radical (unpaired) electrons. The minimum atomic E-state index is 0.152. The summed E-state index contributed by atoms with van der Waals surface area (Å²) in [6.45, 7) is 0.762. The van der Waals surface area contributed by atoms with E-state index < -0.39 is 0 Å². The second-order valence-electron chi connectivity index (χ2n) is 4.34. The molecule has 0 unspecified atom stereocenters. The zero-order valence-corrected chi connectivity index (χ0v) is 9.37. The summed E-state index contributed by atoms with van der Waals surface area (Å²) in [5, 5.41) is 4.37. The number of ether oxygens (including phenoxy) is 1. The topological polar surface area (TPSA) is 27.1 Å². The molecule has 0 bridgehead atoms. The summed E-state index contributed by atoms with van der Waals surface area (Å²) < 4.78 is 7.77. The summed E-state index contributed by atoms with van der Waals surface area (Å²) in [5.41, 5.74) is 1.18. The Bertz CT molecular complexity index is 384. The van der Waals surface area contributed by atoms with Crippen molar-refractivity contribution in [2.24, 2.45) is 0 Å². The van der Waals surface area contributed by atoms with Gasteiger partial charge in [-0.25, -0.2) is 0 Å². The van der Waals surface area contributed by atoms with Crippen LogP contribution in [0.3, 0.4) is 0 Å². The van der Waals surface area contributed by atoms with Crippen molar-refractivity contribution >= 4 is 17.1 Å². The van der Waals surface area contributed by atoms with Crippen LogP contribution in [0.2, 0.25) is 0 Å². The minimum absolute atomic E-state index is 0.152. The van der Waals surface area contributed by atoms with Gasteiger partial charge in [0.1, 0.15) is 0 Å². The molecule has 1 aliphatic carbocycles. The smallest absolute Gasteiger partial charge is 0.0900 e. The zero-order valence-electron chi connectivity index (χ0n) is 8.56. The van der Waals surface area contributed by atoms with Crippen molar-refractivity contribution in [3.63, 3.8) is 0 Å². The van der Waals surface area contributed by atoms with Crippen LogP contribution in [0.5, 0.6) is 0 Å². The third-order valence-electron chi connectivity index (χ3n) is 3.03. The molecular weight excluding hydrogens is 208 g/mol. The maximum atomic E-state index is 5.71. The van der Waals surface area contributed by atoms with Crippen molar-refractivity contribution < 1.29 is 4.74 Å². The molecule has 2 heterocycles. The molecule has 1 atom stereocenters. The van der Waals surface area contributed by atoms with Crippen LogP contribution in [0.25, 0.3) is 0 Å². The van der Waals surface area contributed by atoms with Gasteiger partial charge in [-0.3, -0.25) is 4.68 Å². The Morgan fingerprint density at radius 2 is 2.33 bits per heavy atom. The van der Waals surface area contributed by atoms with E-state index in [1.807, 2.05) is 6.20 Å². The Labute approximate surface area is 94.4 Å². The molecule has 1 saturated carbocycles. The van der Waals surface area contributed by atoms with Gasteiger partial charge in [-0.15, -0.1) is 0 Å². The van der Waals surface area contributed by atoms with E-state index >= 15 is 0 Å². The van der Waals surface area contributed by atoms with Crippen molar-refractivity contribution in [2.75, 3.05) is 6.61 Å². The molecule has 1 aliphatic heterocycles. The third-order valence-corrected chi connectivity index (χ3v) is 3.40. The number of hydrogen-bond donors (Lipinski definition) is 0. The van der Waals surface area contributed by atoms with Crippen molar-refractivity contribution in [3.05, 3.63) is 18.0 Å². The highest BCUT2D eigenvalue weighted by Crippen LogP contribution is 2.35. The second kappa shape index (κ2) is 3.68. The number of nitrogens with zero attached hydrogens (tertiary/aromatic N) is 2. The molecule has 0 amide bonds. The Morgan fingerprint density at radius 1 is 1.47 bits per heavy atom. The van der Waals surface area contributed by atoms with E-state index in [2.05, 4.69) is 16.0 Å². The van der Waals surface area contributed by atoms with Crippen LogP contribution >= 0.6 is 12.2 Å². The molecule has 4 heteroatoms. The maximum Gasteiger partial charge on any atom is 0.0900 e. The molecule has 0 N–H and O–H groups in total. The minimum Gasteiger partial charge on any atom is -0.373 e. The van der Waals surface area contributed by atoms with Gasteiger partial charge in [-0.2, -0.15) is 5.10 Å². The first-order valence-electron chi connectivity index (χ1n) is 5.50. The standard InChI is InChI=1S/C11H14N2OS/c15-10-3-4-14-11(5-10)8-6-12-13(7-8)9-1-2-9/h6-7,9,11H,1-5H2/t11-/m1/s1. The van der Waals surface area contributed by atoms with Crippen molar-refractivity contribution in [3.8, 4) is 0 Å². The molecular formula is C11H14N2OS. The molecule has 1 saturated heterocycles. The fourth-order valence-electron chi connectivity index (χ4n) is 1.95. The lowest BCUT2D eigenvalue weighted by Crippen LogP contribution is -2.17. The number of aromatic nitrogens is 2. The Kier molecular flexibility index (Phi) is 2.33. The Balaban J connectivity index is 1.76. The van der Waals surface area contributed by atoms with Crippen LogP contribution in [0.15, 0.2) is 12.4 Å². The van der Waals surface area contributed by atoms with Crippen LogP contribution < -0.4 is 0 Å². The fraction of sp³-hybridized carbons (Fsp3) is 0.636. The zero-order chi connectivity index (χ0) is 10.3. The molecule has 1 aromatic rings. The van der Waals surface area contributed by atoms with Gasteiger partial charge in [0.25, 0.3) is 0 Å². The molecule has 0 aromatic carbocycles. The summed E-state index contributed by atoms with van der Waals surface area (Å²) in [7, 11) is 0. The molecule has 1 aromatic heterocycles. The molecule has 0 spiro atoms. The molecule has 15 heavy (non-hydrogen) atoms. The normalized spacial score (nSPS) is 26.9. The summed E-state index contributed by atoms with van der Waals surface area (Å²) in [4.78, 5) is 1.13. The molecule has 3 nitrogen and oxygen atoms in total. The maximum absolute atomic E-state index is 5.71. The average Bonchev–Trinajstić information content (AvgIpc) is 2.97. The van der Waals surface area contributed by atoms with Crippen LogP contribution in [0, 0.1) is 0 Å². The highest BCUT2D eigenvalue weighted by atomic mass is 32.1. The summed E-state index contributed by atoms with van der Waals surface area (Å²) in [6.07, 6.45) is 8.55. The lowest BCUT2D eigenvalue weighted by molar-refractivity contribution is 0.0507. The van der Waals surface area contributed by atoms with Crippen LogP contribution in [-0.4, -0.2) is 21.3 Å². The first kappa shape index (κ1) is 9.48. The van der Waals surface area contributed by atoms with E-state index in [0.29, 0.717) is 6.04 Å². The van der Waals surface area contributed by atoms with Gasteiger partial charge in [-0.05, 0) is 17.7 Å². The average molecular weight is 222 g/mol. The SMILES string of the molecule is S=C1CCO[C@@H](c2cnn(C3CC3)c2)C1. The molecule has 80 valence electrons. The first-order chi connectivity index (χ1) is 7.33. The number of rotatable bonds is 2. The Morgan fingerprint density at radius 3 is 3.07 bits per heavy atom. The summed E-state index contributed by atoms with van der Waals surface area (Å²) >= 11 is 5.25. The van der Waals surface area contributed by atoms with Gasteiger partial charge in [-0.1, -0.05) is 12.2 Å². The molecule has 2 aliphatic rings.